The maximum atomic E-state index is 9.34. The van der Waals surface area contributed by atoms with Crippen LogP contribution in [0.15, 0.2) is 0 Å². The van der Waals surface area contributed by atoms with Crippen LogP contribution in [0, 0.1) is 5.01 Å². The van der Waals surface area contributed by atoms with Gasteiger partial charge in [0.05, 0.1) is 0 Å². The zero-order valence-electron chi connectivity index (χ0n) is 3.27. The Balaban J connectivity index is 2.81. The van der Waals surface area contributed by atoms with Crippen molar-refractivity contribution in [1.82, 2.24) is 0 Å². The molecule has 0 aliphatic carbocycles. The van der Waals surface area contributed by atoms with Gasteiger partial charge >= 0.3 is 0 Å². The number of ether oxygens (including phenoxy) is 1. The van der Waals surface area contributed by atoms with Gasteiger partial charge in [-0.25, -0.2) is 0 Å². The standard InChI is InChI=1S/C3H4BrO2/c1-3(4)6-2-5/h2H,1H3. The van der Waals surface area contributed by atoms with Crippen LogP contribution in [0.5, 0.6) is 0 Å². The minimum Gasteiger partial charge on any atom is -0.445 e. The summed E-state index contributed by atoms with van der Waals surface area (Å²) in [6.07, 6.45) is 0. The quantitative estimate of drug-likeness (QED) is 0.553. The maximum absolute atomic E-state index is 9.34. The zero-order valence-corrected chi connectivity index (χ0v) is 4.86. The Labute approximate surface area is 44.6 Å². The first kappa shape index (κ1) is 5.95. The number of halogens is 1. The van der Waals surface area contributed by atoms with Gasteiger partial charge in [0.2, 0.25) is 5.01 Å². The molecular formula is C3H4BrO2. The molecule has 0 spiro atoms. The lowest BCUT2D eigenvalue weighted by Crippen LogP contribution is -1.83. The molecule has 0 unspecified atom stereocenters. The average molecular weight is 152 g/mol. The fourth-order valence-electron chi connectivity index (χ4n) is 0.0663. The van der Waals surface area contributed by atoms with Gasteiger partial charge in [-0.2, -0.15) is 0 Å². The van der Waals surface area contributed by atoms with E-state index in [0.717, 1.165) is 0 Å². The van der Waals surface area contributed by atoms with Gasteiger partial charge in [-0.05, 0) is 22.9 Å². The van der Waals surface area contributed by atoms with E-state index in [1.807, 2.05) is 0 Å². The molecule has 35 valence electrons. The van der Waals surface area contributed by atoms with Crippen molar-refractivity contribution in [3.05, 3.63) is 5.01 Å². The van der Waals surface area contributed by atoms with Gasteiger partial charge in [0.15, 0.2) is 0 Å². The number of hydrogen-bond acceptors (Lipinski definition) is 2. The molecule has 0 saturated heterocycles. The summed E-state index contributed by atoms with van der Waals surface area (Å²) >= 11 is 2.90. The molecule has 0 aromatic heterocycles. The summed E-state index contributed by atoms with van der Waals surface area (Å²) in [5, 5.41) is 0.484. The normalized spacial score (nSPS) is 8.50. The first-order valence-corrected chi connectivity index (χ1v) is 2.16. The first-order valence-electron chi connectivity index (χ1n) is 1.36. The van der Waals surface area contributed by atoms with Crippen LogP contribution in [-0.2, 0) is 9.53 Å². The Kier molecular flexibility index (Phi) is 3.13. The summed E-state index contributed by atoms with van der Waals surface area (Å²) in [4.78, 5) is 9.34. The molecule has 0 aromatic carbocycles. The van der Waals surface area contributed by atoms with Gasteiger partial charge in [-0.15, -0.1) is 0 Å². The van der Waals surface area contributed by atoms with Crippen LogP contribution < -0.4 is 0 Å². The second kappa shape index (κ2) is 3.15. The van der Waals surface area contributed by atoms with Crippen LogP contribution in [0.4, 0.5) is 0 Å². The van der Waals surface area contributed by atoms with Crippen molar-refractivity contribution in [2.24, 2.45) is 0 Å². The molecule has 0 rings (SSSR count). The Morgan fingerprint density at radius 2 is 2.50 bits per heavy atom. The second-order valence-electron chi connectivity index (χ2n) is 0.684. The van der Waals surface area contributed by atoms with Crippen molar-refractivity contribution < 1.29 is 9.53 Å². The third kappa shape index (κ3) is 3.95. The Bertz CT molecular complexity index is 44.1. The van der Waals surface area contributed by atoms with Crippen molar-refractivity contribution >= 4 is 22.4 Å². The molecule has 2 nitrogen and oxygen atoms in total. The SMILES string of the molecule is C[C](Br)OC=O. The van der Waals surface area contributed by atoms with E-state index in [4.69, 9.17) is 0 Å². The number of carbonyl (C=O) groups is 1. The molecule has 0 N–H and O–H groups in total. The minimum atomic E-state index is 0.365. The lowest BCUT2D eigenvalue weighted by atomic mass is 10.9. The van der Waals surface area contributed by atoms with E-state index in [-0.39, 0.29) is 0 Å². The molecule has 0 aromatic rings. The number of hydrogen-bond donors (Lipinski definition) is 0. The van der Waals surface area contributed by atoms with Crippen LogP contribution in [-0.4, -0.2) is 6.47 Å². The summed E-state index contributed by atoms with van der Waals surface area (Å²) in [7, 11) is 0. The van der Waals surface area contributed by atoms with E-state index >= 15 is 0 Å². The van der Waals surface area contributed by atoms with E-state index < -0.39 is 0 Å². The average Bonchev–Trinajstić information content (AvgIpc) is 1.35. The van der Waals surface area contributed by atoms with Crippen LogP contribution in [0.3, 0.4) is 0 Å². The molecule has 0 amide bonds. The topological polar surface area (TPSA) is 26.3 Å². The lowest BCUT2D eigenvalue weighted by molar-refractivity contribution is -0.125. The van der Waals surface area contributed by atoms with Gasteiger partial charge < -0.3 is 4.74 Å². The van der Waals surface area contributed by atoms with Crippen LogP contribution in [0.2, 0.25) is 0 Å². The third-order valence-corrected chi connectivity index (χ3v) is 0.397. The summed E-state index contributed by atoms with van der Waals surface area (Å²) in [6, 6.07) is 0. The lowest BCUT2D eigenvalue weighted by Gasteiger charge is -1.91. The Morgan fingerprint density at radius 1 is 2.00 bits per heavy atom. The van der Waals surface area contributed by atoms with Gasteiger partial charge in [-0.1, -0.05) is 0 Å². The molecule has 0 aliphatic rings. The molecule has 0 atom stereocenters. The highest BCUT2D eigenvalue weighted by molar-refractivity contribution is 9.11. The highest BCUT2D eigenvalue weighted by Crippen LogP contribution is 2.05. The van der Waals surface area contributed by atoms with Crippen molar-refractivity contribution in [2.75, 3.05) is 0 Å². The van der Waals surface area contributed by atoms with Crippen LogP contribution >= 0.6 is 15.9 Å². The van der Waals surface area contributed by atoms with Gasteiger partial charge in [-0.3, -0.25) is 4.79 Å². The molecule has 3 heteroatoms. The third-order valence-electron chi connectivity index (χ3n) is 0.211. The Morgan fingerprint density at radius 3 is 2.50 bits per heavy atom. The highest BCUT2D eigenvalue weighted by Gasteiger charge is 1.89. The fraction of sp³-hybridized carbons (Fsp3) is 0.333. The van der Waals surface area contributed by atoms with Gasteiger partial charge in [0.25, 0.3) is 6.47 Å². The second-order valence-corrected chi connectivity index (χ2v) is 1.80. The molecule has 0 heterocycles. The van der Waals surface area contributed by atoms with Crippen molar-refractivity contribution in [1.29, 1.82) is 0 Å². The van der Waals surface area contributed by atoms with Crippen molar-refractivity contribution in [3.63, 3.8) is 0 Å². The zero-order chi connectivity index (χ0) is 4.99. The van der Waals surface area contributed by atoms with E-state index in [0.29, 0.717) is 11.5 Å². The van der Waals surface area contributed by atoms with E-state index in [9.17, 15) is 4.79 Å². The fourth-order valence-corrected chi connectivity index (χ4v) is 0.143. The summed E-state index contributed by atoms with van der Waals surface area (Å²) in [5.41, 5.74) is 0. The monoisotopic (exact) mass is 151 g/mol. The first-order chi connectivity index (χ1) is 2.77. The molecule has 0 aliphatic heterocycles. The molecule has 0 saturated carbocycles. The number of rotatable bonds is 2. The largest absolute Gasteiger partial charge is 0.445 e. The highest BCUT2D eigenvalue weighted by atomic mass is 79.9. The smallest absolute Gasteiger partial charge is 0.294 e. The number of carbonyl (C=O) groups excluding carboxylic acids is 1. The Hall–Kier alpha value is -0.0500. The predicted octanol–water partition coefficient (Wildman–Crippen LogP) is 1.06. The minimum absolute atomic E-state index is 0.365. The molecule has 1 radical (unpaired) electrons. The van der Waals surface area contributed by atoms with Crippen molar-refractivity contribution in [2.45, 2.75) is 6.92 Å². The summed E-state index contributed by atoms with van der Waals surface area (Å²) in [5.74, 6) is 0. The molecule has 0 bridgehead atoms. The van der Waals surface area contributed by atoms with E-state index in [1.54, 1.807) is 6.92 Å². The van der Waals surface area contributed by atoms with E-state index in [1.165, 1.54) is 0 Å². The summed E-state index contributed by atoms with van der Waals surface area (Å²) < 4.78 is 4.19. The molecule has 0 fully saturated rings. The van der Waals surface area contributed by atoms with Crippen LogP contribution in [0.25, 0.3) is 0 Å². The van der Waals surface area contributed by atoms with Crippen LogP contribution in [0.1, 0.15) is 6.92 Å². The van der Waals surface area contributed by atoms with Gasteiger partial charge in [0.1, 0.15) is 0 Å². The molecule has 6 heavy (non-hydrogen) atoms. The van der Waals surface area contributed by atoms with E-state index in [2.05, 4.69) is 20.7 Å². The maximum Gasteiger partial charge on any atom is 0.294 e. The summed E-state index contributed by atoms with van der Waals surface area (Å²) in [6.45, 7) is 2.00. The molecular weight excluding hydrogens is 148 g/mol. The predicted molar refractivity (Wildman–Crippen MR) is 25.0 cm³/mol. The van der Waals surface area contributed by atoms with Gasteiger partial charge in [0, 0.05) is 0 Å². The van der Waals surface area contributed by atoms with Crippen molar-refractivity contribution in [3.8, 4) is 0 Å².